The predicted molar refractivity (Wildman–Crippen MR) is 138 cm³/mol. The van der Waals surface area contributed by atoms with Gasteiger partial charge in [-0.3, -0.25) is 4.57 Å². The highest BCUT2D eigenvalue weighted by Crippen LogP contribution is 2.44. The van der Waals surface area contributed by atoms with E-state index in [9.17, 15) is 9.46 Å². The first kappa shape index (κ1) is 26.5. The molecule has 0 bridgehead atoms. The quantitative estimate of drug-likeness (QED) is 0.245. The van der Waals surface area contributed by atoms with Crippen LogP contribution in [-0.2, 0) is 24.2 Å². The molecule has 4 atom stereocenters. The van der Waals surface area contributed by atoms with Crippen molar-refractivity contribution in [3.8, 4) is 11.5 Å². The van der Waals surface area contributed by atoms with Crippen molar-refractivity contribution in [3.05, 3.63) is 95.6 Å². The summed E-state index contributed by atoms with van der Waals surface area (Å²) in [6, 6.07) is 24.6. The Morgan fingerprint density at radius 2 is 1.42 bits per heavy atom. The highest BCUT2D eigenvalue weighted by atomic mass is 31.2. The van der Waals surface area contributed by atoms with Crippen LogP contribution >= 0.6 is 7.60 Å². The van der Waals surface area contributed by atoms with E-state index in [0.29, 0.717) is 0 Å². The summed E-state index contributed by atoms with van der Waals surface area (Å²) in [6.07, 6.45) is -1.03. The summed E-state index contributed by atoms with van der Waals surface area (Å²) in [5.74, 6) is 1.44. The molecule has 1 N–H and O–H groups in total. The second-order valence-electron chi connectivity index (χ2n) is 8.71. The molecule has 1 saturated heterocycles. The lowest BCUT2D eigenvalue weighted by atomic mass is 9.80. The SMILES string of the molecule is [B][C@H]1C[C@@H](OP(C)(=O)O)[C@@H](COC(c2ccccc2)(c2ccc(OC)cc2)c2ccc(OC)cc2)O1. The van der Waals surface area contributed by atoms with Crippen LogP contribution in [0.4, 0.5) is 0 Å². The minimum atomic E-state index is -3.75. The summed E-state index contributed by atoms with van der Waals surface area (Å²) in [7, 11) is 5.50. The first-order valence-corrected chi connectivity index (χ1v) is 13.7. The van der Waals surface area contributed by atoms with E-state index in [1.54, 1.807) is 14.2 Å². The number of methoxy groups -OCH3 is 2. The van der Waals surface area contributed by atoms with Crippen molar-refractivity contribution >= 4 is 15.4 Å². The van der Waals surface area contributed by atoms with Crippen LogP contribution in [0.1, 0.15) is 23.1 Å². The molecule has 1 heterocycles. The summed E-state index contributed by atoms with van der Waals surface area (Å²) >= 11 is 0. The zero-order chi connectivity index (χ0) is 25.8. The Bertz CT molecular complexity index is 1120. The van der Waals surface area contributed by atoms with Gasteiger partial charge in [0.1, 0.15) is 31.1 Å². The van der Waals surface area contributed by atoms with Crippen LogP contribution in [-0.4, -0.2) is 58.4 Å². The van der Waals surface area contributed by atoms with Gasteiger partial charge in [0.15, 0.2) is 0 Å². The zero-order valence-corrected chi connectivity index (χ0v) is 21.5. The molecule has 3 aromatic carbocycles. The number of benzene rings is 3. The first-order chi connectivity index (χ1) is 17.2. The van der Waals surface area contributed by atoms with Crippen molar-refractivity contribution in [1.29, 1.82) is 0 Å². The fraction of sp³-hybridized carbons (Fsp3) is 0.333. The molecule has 2 radical (unpaired) electrons. The summed E-state index contributed by atoms with van der Waals surface area (Å²) in [4.78, 5) is 9.82. The molecule has 4 rings (SSSR count). The fourth-order valence-electron chi connectivity index (χ4n) is 4.54. The van der Waals surface area contributed by atoms with Gasteiger partial charge in [-0.25, -0.2) is 0 Å². The topological polar surface area (TPSA) is 83.5 Å². The Morgan fingerprint density at radius 3 is 1.89 bits per heavy atom. The Morgan fingerprint density at radius 1 is 0.917 bits per heavy atom. The Hall–Kier alpha value is -2.61. The van der Waals surface area contributed by atoms with Crippen molar-refractivity contribution in [2.45, 2.75) is 30.2 Å². The van der Waals surface area contributed by atoms with Gasteiger partial charge < -0.3 is 28.4 Å². The average molecular weight is 508 g/mol. The maximum atomic E-state index is 12.0. The minimum absolute atomic E-state index is 0.0608. The van der Waals surface area contributed by atoms with E-state index in [4.69, 9.17) is 31.3 Å². The third kappa shape index (κ3) is 5.85. The van der Waals surface area contributed by atoms with Gasteiger partial charge >= 0.3 is 7.60 Å². The standard InChI is InChI=1S/C27H30BO7P/c1-31-22-13-9-20(10-14-22)27(19-7-5-4-6-8-19,21-11-15-23(32-2)16-12-21)33-18-25-24(17-26(28)34-25)35-36(3,29)30/h4-16,24-26H,17-18H2,1-3H3,(H,29,30)/t24-,25-,26-/m1/s1. The van der Waals surface area contributed by atoms with Crippen LogP contribution in [0.2, 0.25) is 0 Å². The Balaban J connectivity index is 1.80. The lowest BCUT2D eigenvalue weighted by molar-refractivity contribution is -0.0707. The largest absolute Gasteiger partial charge is 0.497 e. The maximum Gasteiger partial charge on any atom is 0.325 e. The van der Waals surface area contributed by atoms with Crippen LogP contribution in [0.25, 0.3) is 0 Å². The summed E-state index contributed by atoms with van der Waals surface area (Å²) in [5.41, 5.74) is 1.57. The second kappa shape index (κ2) is 11.2. The molecule has 0 saturated carbocycles. The minimum Gasteiger partial charge on any atom is -0.497 e. The first-order valence-electron chi connectivity index (χ1n) is 11.6. The number of rotatable bonds is 10. The summed E-state index contributed by atoms with van der Waals surface area (Å²) in [5, 5.41) is 0. The molecule has 3 aromatic rings. The molecule has 1 aliphatic heterocycles. The number of ether oxygens (including phenoxy) is 4. The van der Waals surface area contributed by atoms with Gasteiger partial charge in [-0.15, -0.1) is 0 Å². The monoisotopic (exact) mass is 508 g/mol. The van der Waals surface area contributed by atoms with Crippen molar-refractivity contribution in [2.24, 2.45) is 0 Å². The molecule has 0 amide bonds. The molecule has 188 valence electrons. The molecule has 36 heavy (non-hydrogen) atoms. The van der Waals surface area contributed by atoms with Crippen LogP contribution < -0.4 is 9.47 Å². The highest BCUT2D eigenvalue weighted by Gasteiger charge is 2.42. The van der Waals surface area contributed by atoms with E-state index in [1.165, 1.54) is 0 Å². The van der Waals surface area contributed by atoms with Gasteiger partial charge in [-0.2, -0.15) is 0 Å². The second-order valence-corrected chi connectivity index (χ2v) is 10.5. The van der Waals surface area contributed by atoms with Crippen molar-refractivity contribution in [1.82, 2.24) is 0 Å². The molecular weight excluding hydrogens is 478 g/mol. The molecule has 7 nitrogen and oxygen atoms in total. The predicted octanol–water partition coefficient (Wildman–Crippen LogP) is 4.50. The number of hydrogen-bond acceptors (Lipinski definition) is 6. The van der Waals surface area contributed by atoms with E-state index in [0.717, 1.165) is 34.9 Å². The van der Waals surface area contributed by atoms with Gasteiger partial charge in [0.2, 0.25) is 0 Å². The highest BCUT2D eigenvalue weighted by molar-refractivity contribution is 7.51. The van der Waals surface area contributed by atoms with Gasteiger partial charge in [-0.1, -0.05) is 54.6 Å². The Labute approximate surface area is 213 Å². The van der Waals surface area contributed by atoms with Crippen molar-refractivity contribution in [3.63, 3.8) is 0 Å². The van der Waals surface area contributed by atoms with Crippen LogP contribution in [0.5, 0.6) is 11.5 Å². The normalized spacial score (nSPS) is 21.6. The van der Waals surface area contributed by atoms with Gasteiger partial charge in [0, 0.05) is 12.7 Å². The summed E-state index contributed by atoms with van der Waals surface area (Å²) < 4.78 is 40.8. The smallest absolute Gasteiger partial charge is 0.325 e. The van der Waals surface area contributed by atoms with Crippen LogP contribution in [0, 0.1) is 0 Å². The maximum absolute atomic E-state index is 12.0. The van der Waals surface area contributed by atoms with E-state index in [1.807, 2.05) is 78.9 Å². The zero-order valence-electron chi connectivity index (χ0n) is 20.6. The van der Waals surface area contributed by atoms with Crippen LogP contribution in [0.15, 0.2) is 78.9 Å². The molecule has 0 spiro atoms. The lowest BCUT2D eigenvalue weighted by Gasteiger charge is -2.37. The number of hydrogen-bond donors (Lipinski definition) is 1. The molecular formula is C27H30BO7P. The fourth-order valence-corrected chi connectivity index (χ4v) is 5.26. The third-order valence-corrected chi connectivity index (χ3v) is 6.86. The molecule has 1 unspecified atom stereocenters. The lowest BCUT2D eigenvalue weighted by Crippen LogP contribution is -2.38. The molecule has 1 fully saturated rings. The van der Waals surface area contributed by atoms with Gasteiger partial charge in [0.25, 0.3) is 0 Å². The van der Waals surface area contributed by atoms with Crippen LogP contribution in [0.3, 0.4) is 0 Å². The molecule has 1 aliphatic rings. The van der Waals surface area contributed by atoms with E-state index in [-0.39, 0.29) is 13.0 Å². The van der Waals surface area contributed by atoms with Gasteiger partial charge in [0.05, 0.1) is 26.9 Å². The summed E-state index contributed by atoms with van der Waals surface area (Å²) in [6.45, 7) is 1.21. The van der Waals surface area contributed by atoms with E-state index >= 15 is 0 Å². The Kier molecular flexibility index (Phi) is 8.23. The molecule has 0 aromatic heterocycles. The van der Waals surface area contributed by atoms with Crippen molar-refractivity contribution < 1.29 is 32.9 Å². The van der Waals surface area contributed by atoms with E-state index in [2.05, 4.69) is 0 Å². The average Bonchev–Trinajstić information content (AvgIpc) is 3.22. The van der Waals surface area contributed by atoms with Gasteiger partial charge in [-0.05, 0) is 47.4 Å². The third-order valence-electron chi connectivity index (χ3n) is 6.20. The van der Waals surface area contributed by atoms with Crippen molar-refractivity contribution in [2.75, 3.05) is 27.5 Å². The molecule has 0 aliphatic carbocycles. The van der Waals surface area contributed by atoms with E-state index < -0.39 is 31.4 Å². The molecule has 9 heteroatoms.